The molecule has 1 aliphatic rings. The number of amides is 4. The molecule has 1 unspecified atom stereocenters. The third-order valence-electron chi connectivity index (χ3n) is 4.75. The monoisotopic (exact) mass is 379 g/mol. The maximum atomic E-state index is 12.7. The molecule has 146 valence electrons. The van der Waals surface area contributed by atoms with Crippen LogP contribution in [0.3, 0.4) is 0 Å². The second-order valence-corrected chi connectivity index (χ2v) is 7.71. The molecule has 2 N–H and O–H groups in total. The summed E-state index contributed by atoms with van der Waals surface area (Å²) in [5.74, 6) is -0.542. The summed E-state index contributed by atoms with van der Waals surface area (Å²) in [7, 11) is 0. The van der Waals surface area contributed by atoms with E-state index < -0.39 is 17.5 Å². The zero-order valence-corrected chi connectivity index (χ0v) is 16.4. The Balaban J connectivity index is 1.74. The van der Waals surface area contributed by atoms with Crippen LogP contribution in [0, 0.1) is 5.92 Å². The number of urea groups is 1. The Labute approximate surface area is 164 Å². The van der Waals surface area contributed by atoms with E-state index in [0.717, 1.165) is 16.0 Å². The van der Waals surface area contributed by atoms with Crippen molar-refractivity contribution < 1.29 is 14.4 Å². The largest absolute Gasteiger partial charge is 0.325 e. The molecule has 2 aromatic carbocycles. The molecule has 28 heavy (non-hydrogen) atoms. The van der Waals surface area contributed by atoms with Crippen LogP contribution in [0.15, 0.2) is 54.6 Å². The number of nitrogens with one attached hydrogen (secondary N) is 2. The summed E-state index contributed by atoms with van der Waals surface area (Å²) >= 11 is 0. The van der Waals surface area contributed by atoms with Crippen molar-refractivity contribution in [1.82, 2.24) is 10.2 Å². The smallest absolute Gasteiger partial charge is 0.324 e. The molecule has 0 radical (unpaired) electrons. The van der Waals surface area contributed by atoms with Gasteiger partial charge in [0.25, 0.3) is 5.91 Å². The third kappa shape index (κ3) is 4.06. The maximum Gasteiger partial charge on any atom is 0.325 e. The van der Waals surface area contributed by atoms with Gasteiger partial charge in [-0.2, -0.15) is 0 Å². The Bertz CT molecular complexity index is 895. The molecule has 1 atom stereocenters. The Morgan fingerprint density at radius 1 is 1.07 bits per heavy atom. The molecule has 1 saturated heterocycles. The van der Waals surface area contributed by atoms with Crippen molar-refractivity contribution in [1.29, 1.82) is 0 Å². The first-order valence-electron chi connectivity index (χ1n) is 9.38. The van der Waals surface area contributed by atoms with E-state index >= 15 is 0 Å². The SMILES string of the molecule is CC(C)CC1(C)NC(=O)N(CC(=O)Nc2ccccc2-c2ccccc2)C1=O. The number of imide groups is 1. The van der Waals surface area contributed by atoms with Crippen LogP contribution in [0.5, 0.6) is 0 Å². The number of benzene rings is 2. The molecular weight excluding hydrogens is 354 g/mol. The van der Waals surface area contributed by atoms with Gasteiger partial charge >= 0.3 is 6.03 Å². The molecule has 0 spiro atoms. The lowest BCUT2D eigenvalue weighted by atomic mass is 9.91. The number of carbonyl (C=O) groups excluding carboxylic acids is 3. The lowest BCUT2D eigenvalue weighted by Crippen LogP contribution is -2.45. The number of para-hydroxylation sites is 1. The Morgan fingerprint density at radius 2 is 1.71 bits per heavy atom. The predicted octanol–water partition coefficient (Wildman–Crippen LogP) is 3.65. The highest BCUT2D eigenvalue weighted by Crippen LogP contribution is 2.28. The lowest BCUT2D eigenvalue weighted by Gasteiger charge is -2.23. The fourth-order valence-electron chi connectivity index (χ4n) is 3.64. The second-order valence-electron chi connectivity index (χ2n) is 7.71. The summed E-state index contributed by atoms with van der Waals surface area (Å²) < 4.78 is 0. The molecule has 0 aliphatic carbocycles. The number of carbonyl (C=O) groups is 3. The minimum Gasteiger partial charge on any atom is -0.324 e. The van der Waals surface area contributed by atoms with E-state index in [-0.39, 0.29) is 18.4 Å². The normalized spacial score (nSPS) is 19.1. The minimum atomic E-state index is -0.965. The van der Waals surface area contributed by atoms with Crippen LogP contribution in [0.4, 0.5) is 10.5 Å². The molecule has 4 amide bonds. The quantitative estimate of drug-likeness (QED) is 0.752. The van der Waals surface area contributed by atoms with Crippen molar-refractivity contribution in [3.8, 4) is 11.1 Å². The molecular formula is C22H25N3O3. The molecule has 6 nitrogen and oxygen atoms in total. The van der Waals surface area contributed by atoms with Crippen molar-refractivity contribution in [2.45, 2.75) is 32.7 Å². The molecule has 0 saturated carbocycles. The third-order valence-corrected chi connectivity index (χ3v) is 4.75. The molecule has 0 bridgehead atoms. The fourth-order valence-corrected chi connectivity index (χ4v) is 3.64. The second kappa shape index (κ2) is 7.84. The van der Waals surface area contributed by atoms with E-state index in [1.807, 2.05) is 62.4 Å². The van der Waals surface area contributed by atoms with Crippen molar-refractivity contribution in [2.75, 3.05) is 11.9 Å². The predicted molar refractivity (Wildman–Crippen MR) is 109 cm³/mol. The van der Waals surface area contributed by atoms with Crippen LogP contribution in [-0.2, 0) is 9.59 Å². The van der Waals surface area contributed by atoms with Gasteiger partial charge in [-0.3, -0.25) is 14.5 Å². The Hall–Kier alpha value is -3.15. The fraction of sp³-hybridized carbons (Fsp3) is 0.318. The average Bonchev–Trinajstić information content (AvgIpc) is 2.85. The van der Waals surface area contributed by atoms with E-state index in [9.17, 15) is 14.4 Å². The van der Waals surface area contributed by atoms with Crippen molar-refractivity contribution in [3.05, 3.63) is 54.6 Å². The summed E-state index contributed by atoms with van der Waals surface area (Å²) in [6.45, 7) is 5.36. The average molecular weight is 379 g/mol. The molecule has 0 aromatic heterocycles. The lowest BCUT2D eigenvalue weighted by molar-refractivity contribution is -0.133. The number of nitrogens with zero attached hydrogens (tertiary/aromatic N) is 1. The van der Waals surface area contributed by atoms with E-state index in [0.29, 0.717) is 12.1 Å². The van der Waals surface area contributed by atoms with Crippen LogP contribution < -0.4 is 10.6 Å². The molecule has 1 aliphatic heterocycles. The Kier molecular flexibility index (Phi) is 5.49. The first-order chi connectivity index (χ1) is 13.3. The molecule has 6 heteroatoms. The zero-order chi connectivity index (χ0) is 20.3. The number of hydrogen-bond acceptors (Lipinski definition) is 3. The van der Waals surface area contributed by atoms with Gasteiger partial charge in [0.15, 0.2) is 0 Å². The summed E-state index contributed by atoms with van der Waals surface area (Å²) in [5.41, 5.74) is 1.51. The van der Waals surface area contributed by atoms with Gasteiger partial charge < -0.3 is 10.6 Å². The summed E-state index contributed by atoms with van der Waals surface area (Å²) in [5, 5.41) is 5.56. The molecule has 2 aromatic rings. The summed E-state index contributed by atoms with van der Waals surface area (Å²) in [4.78, 5) is 38.6. The van der Waals surface area contributed by atoms with Gasteiger partial charge in [-0.15, -0.1) is 0 Å². The highest BCUT2D eigenvalue weighted by molar-refractivity contribution is 6.10. The highest BCUT2D eigenvalue weighted by Gasteiger charge is 2.48. The van der Waals surface area contributed by atoms with Gasteiger partial charge in [-0.1, -0.05) is 62.4 Å². The van der Waals surface area contributed by atoms with Gasteiger partial charge in [-0.05, 0) is 30.9 Å². The van der Waals surface area contributed by atoms with Crippen LogP contribution in [0.1, 0.15) is 27.2 Å². The van der Waals surface area contributed by atoms with Gasteiger partial charge in [0.2, 0.25) is 5.91 Å². The number of rotatable bonds is 6. The van der Waals surface area contributed by atoms with Crippen LogP contribution >= 0.6 is 0 Å². The first kappa shape index (κ1) is 19.6. The van der Waals surface area contributed by atoms with Crippen LogP contribution in [0.25, 0.3) is 11.1 Å². The molecule has 1 heterocycles. The standard InChI is InChI=1S/C22H25N3O3/c1-15(2)13-22(3)20(27)25(21(28)24-22)14-19(26)23-18-12-8-7-11-17(18)16-9-5-4-6-10-16/h4-12,15H,13-14H2,1-3H3,(H,23,26)(H,24,28). The molecule has 3 rings (SSSR count). The summed E-state index contributed by atoms with van der Waals surface area (Å²) in [6.07, 6.45) is 0.520. The van der Waals surface area contributed by atoms with Crippen molar-refractivity contribution in [3.63, 3.8) is 0 Å². The van der Waals surface area contributed by atoms with Crippen LogP contribution in [-0.4, -0.2) is 34.8 Å². The van der Waals surface area contributed by atoms with E-state index in [1.54, 1.807) is 13.0 Å². The minimum absolute atomic E-state index is 0.237. The van der Waals surface area contributed by atoms with Crippen molar-refractivity contribution in [2.24, 2.45) is 5.92 Å². The maximum absolute atomic E-state index is 12.7. The Morgan fingerprint density at radius 3 is 2.39 bits per heavy atom. The summed E-state index contributed by atoms with van der Waals surface area (Å²) in [6, 6.07) is 16.6. The highest BCUT2D eigenvalue weighted by atomic mass is 16.2. The topological polar surface area (TPSA) is 78.5 Å². The van der Waals surface area contributed by atoms with Gasteiger partial charge in [-0.25, -0.2) is 4.79 Å². The number of hydrogen-bond donors (Lipinski definition) is 2. The first-order valence-corrected chi connectivity index (χ1v) is 9.38. The zero-order valence-electron chi connectivity index (χ0n) is 16.4. The van der Waals surface area contributed by atoms with Crippen molar-refractivity contribution >= 4 is 23.5 Å². The van der Waals surface area contributed by atoms with Gasteiger partial charge in [0, 0.05) is 11.3 Å². The van der Waals surface area contributed by atoms with Gasteiger partial charge in [0.05, 0.1) is 0 Å². The number of anilines is 1. The van der Waals surface area contributed by atoms with E-state index in [1.165, 1.54) is 0 Å². The van der Waals surface area contributed by atoms with Gasteiger partial charge in [0.1, 0.15) is 12.1 Å². The van der Waals surface area contributed by atoms with E-state index in [4.69, 9.17) is 0 Å². The van der Waals surface area contributed by atoms with E-state index in [2.05, 4.69) is 10.6 Å². The van der Waals surface area contributed by atoms with Crippen LogP contribution in [0.2, 0.25) is 0 Å². The molecule has 1 fully saturated rings.